The summed E-state index contributed by atoms with van der Waals surface area (Å²) >= 11 is 0. The van der Waals surface area contributed by atoms with Crippen LogP contribution in [-0.4, -0.2) is 39.3 Å². The van der Waals surface area contributed by atoms with E-state index in [0.29, 0.717) is 31.1 Å². The number of hydrogen-bond donors (Lipinski definition) is 3. The molecule has 0 radical (unpaired) electrons. The fraction of sp³-hybridized carbons (Fsp3) is 1.00. The number of aliphatic hydroxyl groups is 3. The molecule has 3 nitrogen and oxygen atoms in total. The van der Waals surface area contributed by atoms with Gasteiger partial charge in [0.2, 0.25) is 0 Å². The molecular weight excluding hydrogens is 369 g/mol. The molecule has 162 valence electrons. The van der Waals surface area contributed by atoms with Crippen LogP contribution in [0.15, 0.2) is 0 Å². The first-order valence-electron chi connectivity index (χ1n) is 11.0. The van der Waals surface area contributed by atoms with Crippen molar-refractivity contribution in [3.63, 3.8) is 0 Å². The largest absolute Gasteiger partial charge is 0.417 e. The van der Waals surface area contributed by atoms with E-state index in [4.69, 9.17) is 0 Å². The Balaban J connectivity index is 1.63. The molecule has 1 unspecified atom stereocenters. The first kappa shape index (κ1) is 20.9. The normalized spacial score (nSPS) is 55.2. The van der Waals surface area contributed by atoms with Crippen LogP contribution in [0.25, 0.3) is 0 Å². The molecule has 0 heterocycles. The van der Waals surface area contributed by atoms with Gasteiger partial charge < -0.3 is 15.3 Å². The van der Waals surface area contributed by atoms with E-state index in [0.717, 1.165) is 19.3 Å². The number of aliphatic hydroxyl groups excluding tert-OH is 2. The van der Waals surface area contributed by atoms with Crippen molar-refractivity contribution in [2.24, 2.45) is 40.4 Å². The van der Waals surface area contributed by atoms with Gasteiger partial charge in [0.25, 0.3) is 0 Å². The lowest BCUT2D eigenvalue weighted by molar-refractivity contribution is -0.293. The summed E-state index contributed by atoms with van der Waals surface area (Å²) in [5.41, 5.74) is -3.04. The first-order valence-corrected chi connectivity index (χ1v) is 11.0. The summed E-state index contributed by atoms with van der Waals surface area (Å²) in [5, 5.41) is 31.8. The Bertz CT molecular complexity index is 623. The van der Waals surface area contributed by atoms with Gasteiger partial charge in [0.15, 0.2) is 5.60 Å². The summed E-state index contributed by atoms with van der Waals surface area (Å²) in [5.74, 6) is 0.690. The summed E-state index contributed by atoms with van der Waals surface area (Å²) < 4.78 is 40.3. The van der Waals surface area contributed by atoms with Gasteiger partial charge in [-0.25, -0.2) is 0 Å². The smallest absolute Gasteiger partial charge is 0.393 e. The van der Waals surface area contributed by atoms with Gasteiger partial charge in [-0.05, 0) is 98.7 Å². The van der Waals surface area contributed by atoms with Crippen LogP contribution in [0, 0.1) is 40.4 Å². The molecule has 0 aliphatic heterocycles. The van der Waals surface area contributed by atoms with E-state index < -0.39 is 24.0 Å². The van der Waals surface area contributed by atoms with E-state index in [1.807, 2.05) is 6.92 Å². The van der Waals surface area contributed by atoms with Gasteiger partial charge in [-0.2, -0.15) is 13.2 Å². The van der Waals surface area contributed by atoms with Gasteiger partial charge in [0.1, 0.15) is 0 Å². The van der Waals surface area contributed by atoms with Crippen LogP contribution in [0.1, 0.15) is 72.1 Å². The Hall–Kier alpha value is -0.330. The maximum absolute atomic E-state index is 13.4. The Morgan fingerprint density at radius 2 is 1.64 bits per heavy atom. The summed E-state index contributed by atoms with van der Waals surface area (Å²) in [7, 11) is 0. The highest BCUT2D eigenvalue weighted by Crippen LogP contribution is 2.68. The van der Waals surface area contributed by atoms with Crippen molar-refractivity contribution in [3.8, 4) is 0 Å². The molecular formula is C22H35F3O3. The van der Waals surface area contributed by atoms with Crippen molar-refractivity contribution in [2.45, 2.75) is 96.1 Å². The molecule has 10 atom stereocenters. The quantitative estimate of drug-likeness (QED) is 0.611. The second-order valence-corrected chi connectivity index (χ2v) is 11.0. The van der Waals surface area contributed by atoms with Crippen LogP contribution < -0.4 is 0 Å². The van der Waals surface area contributed by atoms with Crippen LogP contribution >= 0.6 is 0 Å². The van der Waals surface area contributed by atoms with Gasteiger partial charge in [0.05, 0.1) is 12.2 Å². The number of halogens is 3. The lowest BCUT2D eigenvalue weighted by Crippen LogP contribution is -2.62. The van der Waals surface area contributed by atoms with E-state index in [9.17, 15) is 28.5 Å². The van der Waals surface area contributed by atoms with Gasteiger partial charge in [-0.3, -0.25) is 0 Å². The molecule has 4 aliphatic carbocycles. The molecule has 0 aromatic rings. The SMILES string of the molecule is CC(O)[C@H]1CC[C@H]2[C@@H]3CC[C@@H]4C[C@](O)(C(F)(F)F)CC[C@]4(C)[C@H]3[C@H](O)C[C@]12C. The molecule has 4 fully saturated rings. The third-order valence-electron chi connectivity index (χ3n) is 9.84. The molecule has 3 N–H and O–H groups in total. The molecule has 4 saturated carbocycles. The fourth-order valence-electron chi connectivity index (χ4n) is 8.46. The van der Waals surface area contributed by atoms with E-state index in [1.165, 1.54) is 0 Å². The number of alkyl halides is 3. The number of rotatable bonds is 1. The van der Waals surface area contributed by atoms with Crippen molar-refractivity contribution in [1.29, 1.82) is 0 Å². The average Bonchev–Trinajstić information content (AvgIpc) is 2.91. The van der Waals surface area contributed by atoms with Crippen molar-refractivity contribution in [1.82, 2.24) is 0 Å². The molecule has 0 amide bonds. The summed E-state index contributed by atoms with van der Waals surface area (Å²) in [4.78, 5) is 0. The highest BCUT2D eigenvalue weighted by molar-refractivity contribution is 5.14. The van der Waals surface area contributed by atoms with Gasteiger partial charge >= 0.3 is 6.18 Å². The van der Waals surface area contributed by atoms with E-state index in [1.54, 1.807) is 0 Å². The summed E-state index contributed by atoms with van der Waals surface area (Å²) in [6.07, 6.45) is -1.59. The van der Waals surface area contributed by atoms with E-state index in [-0.39, 0.29) is 41.4 Å². The zero-order chi connectivity index (χ0) is 20.7. The predicted octanol–water partition coefficient (Wildman–Crippen LogP) is 4.29. The molecule has 4 aliphatic rings. The Morgan fingerprint density at radius 3 is 2.25 bits per heavy atom. The van der Waals surface area contributed by atoms with Gasteiger partial charge in [-0.1, -0.05) is 13.8 Å². The molecule has 0 spiro atoms. The lowest BCUT2D eigenvalue weighted by atomic mass is 9.43. The molecule has 0 bridgehead atoms. The topological polar surface area (TPSA) is 60.7 Å². The van der Waals surface area contributed by atoms with Crippen LogP contribution in [0.5, 0.6) is 0 Å². The summed E-state index contributed by atoms with van der Waals surface area (Å²) in [6, 6.07) is 0. The van der Waals surface area contributed by atoms with Crippen molar-refractivity contribution < 1.29 is 28.5 Å². The van der Waals surface area contributed by atoms with Crippen LogP contribution in [0.4, 0.5) is 13.2 Å². The predicted molar refractivity (Wildman–Crippen MR) is 99.3 cm³/mol. The third kappa shape index (κ3) is 2.73. The van der Waals surface area contributed by atoms with E-state index in [2.05, 4.69) is 13.8 Å². The highest BCUT2D eigenvalue weighted by Gasteiger charge is 2.67. The highest BCUT2D eigenvalue weighted by atomic mass is 19.4. The molecule has 28 heavy (non-hydrogen) atoms. The number of hydrogen-bond acceptors (Lipinski definition) is 3. The monoisotopic (exact) mass is 404 g/mol. The van der Waals surface area contributed by atoms with Crippen LogP contribution in [0.3, 0.4) is 0 Å². The van der Waals surface area contributed by atoms with Crippen molar-refractivity contribution >= 4 is 0 Å². The minimum atomic E-state index is -4.59. The second-order valence-electron chi connectivity index (χ2n) is 11.0. The van der Waals surface area contributed by atoms with Gasteiger partial charge in [-0.15, -0.1) is 0 Å². The van der Waals surface area contributed by atoms with Crippen molar-refractivity contribution in [2.75, 3.05) is 0 Å². The fourth-order valence-corrected chi connectivity index (χ4v) is 8.46. The molecule has 6 heteroatoms. The lowest BCUT2D eigenvalue weighted by Gasteiger charge is -2.63. The minimum absolute atomic E-state index is 0.00476. The van der Waals surface area contributed by atoms with Crippen molar-refractivity contribution in [3.05, 3.63) is 0 Å². The van der Waals surface area contributed by atoms with Crippen LogP contribution in [-0.2, 0) is 0 Å². The molecule has 0 saturated heterocycles. The summed E-state index contributed by atoms with van der Waals surface area (Å²) in [6.45, 7) is 6.12. The maximum Gasteiger partial charge on any atom is 0.417 e. The Kier molecular flexibility index (Phi) is 4.73. The van der Waals surface area contributed by atoms with Crippen LogP contribution in [0.2, 0.25) is 0 Å². The molecule has 4 rings (SSSR count). The zero-order valence-corrected chi connectivity index (χ0v) is 17.2. The standard InChI is InChI=1S/C22H35F3O3/c1-12(26)15-6-7-16-14-5-4-13-10-21(28,22(23,24)25)9-8-19(13,2)18(14)17(27)11-20(15,16)3/h12-18,26-28H,4-11H2,1-3H3/t12?,13-,14+,15-,16+,17-,18-,19+,20-,21+/m1/s1. The second kappa shape index (κ2) is 6.34. The van der Waals surface area contributed by atoms with E-state index >= 15 is 0 Å². The third-order valence-corrected chi connectivity index (χ3v) is 9.84. The Morgan fingerprint density at radius 1 is 0.964 bits per heavy atom. The van der Waals surface area contributed by atoms with Gasteiger partial charge in [0, 0.05) is 0 Å². The zero-order valence-electron chi connectivity index (χ0n) is 17.2. The maximum atomic E-state index is 13.4. The minimum Gasteiger partial charge on any atom is -0.393 e. The Labute approximate surface area is 165 Å². The molecule has 0 aromatic carbocycles. The average molecular weight is 405 g/mol. The first-order chi connectivity index (χ1) is 12.8. The number of fused-ring (bicyclic) bond motifs is 5. The molecule has 0 aromatic heterocycles.